The van der Waals surface area contributed by atoms with Crippen LogP contribution in [0.1, 0.15) is 38.5 Å². The number of hydrogen-bond acceptors (Lipinski definition) is 2. The topological polar surface area (TPSA) is 41.1 Å². The first-order valence-corrected chi connectivity index (χ1v) is 6.05. The molecule has 0 aromatic heterocycles. The highest BCUT2D eigenvalue weighted by atomic mass is 16.2. The molecule has 0 radical (unpaired) electrons. The second-order valence-corrected chi connectivity index (χ2v) is 4.44. The average molecular weight is 208 g/mol. The lowest BCUT2D eigenvalue weighted by molar-refractivity contribution is -0.122. The van der Waals surface area contributed by atoms with Crippen LogP contribution in [0.2, 0.25) is 0 Å². The molecule has 0 aromatic rings. The fourth-order valence-electron chi connectivity index (χ4n) is 2.34. The number of allylic oxidation sites excluding steroid dienone is 1. The van der Waals surface area contributed by atoms with Crippen LogP contribution in [0.25, 0.3) is 0 Å². The molecule has 84 valence electrons. The summed E-state index contributed by atoms with van der Waals surface area (Å²) in [6, 6.07) is 0.0718. The van der Waals surface area contributed by atoms with Crippen LogP contribution in [-0.4, -0.2) is 25.0 Å². The zero-order chi connectivity index (χ0) is 10.5. The van der Waals surface area contributed by atoms with E-state index in [1.807, 2.05) is 0 Å². The molecule has 1 amide bonds. The largest absolute Gasteiger partial charge is 0.354 e. The molecule has 2 rings (SSSR count). The molecule has 2 aliphatic rings. The van der Waals surface area contributed by atoms with E-state index in [2.05, 4.69) is 16.7 Å². The van der Waals surface area contributed by atoms with Crippen LogP contribution in [-0.2, 0) is 4.79 Å². The molecule has 1 aliphatic heterocycles. The van der Waals surface area contributed by atoms with Gasteiger partial charge in [-0.1, -0.05) is 11.6 Å². The van der Waals surface area contributed by atoms with E-state index in [-0.39, 0.29) is 11.9 Å². The van der Waals surface area contributed by atoms with E-state index in [1.54, 1.807) is 0 Å². The number of carbonyl (C=O) groups excluding carboxylic acids is 1. The Bertz CT molecular complexity index is 254. The zero-order valence-electron chi connectivity index (χ0n) is 9.22. The minimum Gasteiger partial charge on any atom is -0.354 e. The predicted molar refractivity (Wildman–Crippen MR) is 60.6 cm³/mol. The third-order valence-electron chi connectivity index (χ3n) is 3.26. The molecular weight excluding hydrogens is 188 g/mol. The molecule has 15 heavy (non-hydrogen) atoms. The minimum atomic E-state index is 0.0718. The first-order valence-electron chi connectivity index (χ1n) is 6.05. The van der Waals surface area contributed by atoms with Crippen molar-refractivity contribution in [2.45, 2.75) is 44.6 Å². The fourth-order valence-corrected chi connectivity index (χ4v) is 2.34. The van der Waals surface area contributed by atoms with Crippen molar-refractivity contribution >= 4 is 5.91 Å². The van der Waals surface area contributed by atoms with E-state index >= 15 is 0 Å². The van der Waals surface area contributed by atoms with E-state index in [1.165, 1.54) is 24.8 Å². The maximum absolute atomic E-state index is 11.6. The molecule has 0 bridgehead atoms. The van der Waals surface area contributed by atoms with Gasteiger partial charge < -0.3 is 10.6 Å². The smallest absolute Gasteiger partial charge is 0.237 e. The lowest BCUT2D eigenvalue weighted by atomic mass is 10.1. The van der Waals surface area contributed by atoms with Crippen molar-refractivity contribution in [3.63, 3.8) is 0 Å². The van der Waals surface area contributed by atoms with Gasteiger partial charge in [0.2, 0.25) is 5.91 Å². The van der Waals surface area contributed by atoms with Gasteiger partial charge in [0.1, 0.15) is 0 Å². The van der Waals surface area contributed by atoms with Crippen molar-refractivity contribution < 1.29 is 4.79 Å². The highest BCUT2D eigenvalue weighted by Gasteiger charge is 2.21. The molecule has 1 atom stereocenters. The first kappa shape index (κ1) is 10.7. The van der Waals surface area contributed by atoms with E-state index in [0.29, 0.717) is 0 Å². The predicted octanol–water partition coefficient (Wildman–Crippen LogP) is 1.35. The SMILES string of the molecule is O=C(NCCC1=CCCC1)[C@H]1CCCN1. The fraction of sp³-hybridized carbons (Fsp3) is 0.750. The van der Waals surface area contributed by atoms with Crippen molar-refractivity contribution in [3.8, 4) is 0 Å². The number of rotatable bonds is 4. The molecule has 0 spiro atoms. The van der Waals surface area contributed by atoms with Gasteiger partial charge in [-0.05, 0) is 45.1 Å². The van der Waals surface area contributed by atoms with Crippen molar-refractivity contribution in [3.05, 3.63) is 11.6 Å². The van der Waals surface area contributed by atoms with Gasteiger partial charge >= 0.3 is 0 Å². The molecule has 3 nitrogen and oxygen atoms in total. The molecular formula is C12H20N2O. The third kappa shape index (κ3) is 3.06. The Labute approximate surface area is 91.3 Å². The summed E-state index contributed by atoms with van der Waals surface area (Å²) in [5, 5.41) is 6.22. The molecule has 3 heteroatoms. The summed E-state index contributed by atoms with van der Waals surface area (Å²) in [5.41, 5.74) is 1.52. The first-order chi connectivity index (χ1) is 7.36. The molecule has 1 saturated heterocycles. The van der Waals surface area contributed by atoms with Crippen LogP contribution in [0.4, 0.5) is 0 Å². The maximum Gasteiger partial charge on any atom is 0.237 e. The lowest BCUT2D eigenvalue weighted by Crippen LogP contribution is -2.40. The van der Waals surface area contributed by atoms with Crippen LogP contribution < -0.4 is 10.6 Å². The Hall–Kier alpha value is -0.830. The summed E-state index contributed by atoms with van der Waals surface area (Å²) >= 11 is 0. The molecule has 1 heterocycles. The monoisotopic (exact) mass is 208 g/mol. The average Bonchev–Trinajstić information content (AvgIpc) is 2.90. The number of nitrogens with one attached hydrogen (secondary N) is 2. The Balaban J connectivity index is 1.62. The Kier molecular flexibility index (Phi) is 3.78. The molecule has 2 N–H and O–H groups in total. The van der Waals surface area contributed by atoms with Crippen molar-refractivity contribution in [1.29, 1.82) is 0 Å². The van der Waals surface area contributed by atoms with Gasteiger partial charge in [0.05, 0.1) is 6.04 Å². The van der Waals surface area contributed by atoms with Gasteiger partial charge in [-0.2, -0.15) is 0 Å². The number of amides is 1. The van der Waals surface area contributed by atoms with Crippen LogP contribution in [0.5, 0.6) is 0 Å². The van der Waals surface area contributed by atoms with Gasteiger partial charge in [0, 0.05) is 6.54 Å². The minimum absolute atomic E-state index is 0.0718. The van der Waals surface area contributed by atoms with Crippen LogP contribution in [0.3, 0.4) is 0 Å². The normalized spacial score (nSPS) is 25.3. The van der Waals surface area contributed by atoms with E-state index in [9.17, 15) is 4.79 Å². The number of hydrogen-bond donors (Lipinski definition) is 2. The summed E-state index contributed by atoms with van der Waals surface area (Å²) < 4.78 is 0. The third-order valence-corrected chi connectivity index (χ3v) is 3.26. The summed E-state index contributed by atoms with van der Waals surface area (Å²) in [6.07, 6.45) is 9.24. The Morgan fingerprint density at radius 2 is 2.47 bits per heavy atom. The van der Waals surface area contributed by atoms with Crippen LogP contribution >= 0.6 is 0 Å². The maximum atomic E-state index is 11.6. The molecule has 0 saturated carbocycles. The summed E-state index contributed by atoms with van der Waals surface area (Å²) in [6.45, 7) is 1.80. The van der Waals surface area contributed by atoms with Crippen LogP contribution in [0.15, 0.2) is 11.6 Å². The van der Waals surface area contributed by atoms with Gasteiger partial charge in [-0.15, -0.1) is 0 Å². The lowest BCUT2D eigenvalue weighted by Gasteiger charge is -2.11. The Morgan fingerprint density at radius 1 is 1.53 bits per heavy atom. The second kappa shape index (κ2) is 5.31. The summed E-state index contributed by atoms with van der Waals surface area (Å²) in [7, 11) is 0. The van der Waals surface area contributed by atoms with Crippen molar-refractivity contribution in [1.82, 2.24) is 10.6 Å². The van der Waals surface area contributed by atoms with E-state index in [4.69, 9.17) is 0 Å². The highest BCUT2D eigenvalue weighted by Crippen LogP contribution is 2.19. The molecule has 0 unspecified atom stereocenters. The molecule has 1 aliphatic carbocycles. The van der Waals surface area contributed by atoms with Gasteiger partial charge in [-0.3, -0.25) is 4.79 Å². The van der Waals surface area contributed by atoms with Crippen molar-refractivity contribution in [2.75, 3.05) is 13.1 Å². The van der Waals surface area contributed by atoms with Crippen LogP contribution in [0, 0.1) is 0 Å². The highest BCUT2D eigenvalue weighted by molar-refractivity contribution is 5.81. The number of carbonyl (C=O) groups is 1. The summed E-state index contributed by atoms with van der Waals surface area (Å²) in [5.74, 6) is 0.186. The van der Waals surface area contributed by atoms with Gasteiger partial charge in [0.25, 0.3) is 0 Å². The molecule has 0 aromatic carbocycles. The summed E-state index contributed by atoms with van der Waals surface area (Å²) in [4.78, 5) is 11.6. The Morgan fingerprint density at radius 3 is 3.13 bits per heavy atom. The van der Waals surface area contributed by atoms with E-state index < -0.39 is 0 Å². The zero-order valence-corrected chi connectivity index (χ0v) is 9.22. The second-order valence-electron chi connectivity index (χ2n) is 4.44. The quantitative estimate of drug-likeness (QED) is 0.685. The van der Waals surface area contributed by atoms with Gasteiger partial charge in [0.15, 0.2) is 0 Å². The molecule has 1 fully saturated rings. The standard InChI is InChI=1S/C12H20N2O/c15-12(11-6-3-8-13-11)14-9-7-10-4-1-2-5-10/h4,11,13H,1-3,5-9H2,(H,14,15)/t11-/m1/s1. The van der Waals surface area contributed by atoms with Gasteiger partial charge in [-0.25, -0.2) is 0 Å². The van der Waals surface area contributed by atoms with Crippen molar-refractivity contribution in [2.24, 2.45) is 0 Å². The van der Waals surface area contributed by atoms with E-state index in [0.717, 1.165) is 32.4 Å².